The molecule has 0 aliphatic rings. The van der Waals surface area contributed by atoms with Crippen LogP contribution < -0.4 is 0 Å². The van der Waals surface area contributed by atoms with E-state index < -0.39 is 71.6 Å². The highest BCUT2D eigenvalue weighted by atomic mass is 35.5. The molecule has 0 heterocycles. The molecule has 0 amide bonds. The van der Waals surface area contributed by atoms with E-state index in [2.05, 4.69) is 11.6 Å². The van der Waals surface area contributed by atoms with Gasteiger partial charge in [-0.2, -0.15) is 52.7 Å². The van der Waals surface area contributed by atoms with Gasteiger partial charge in [-0.25, -0.2) is 30.7 Å². The molecule has 0 aromatic heterocycles. The van der Waals surface area contributed by atoms with E-state index in [4.69, 9.17) is 0 Å². The molecule has 3 unspecified atom stereocenters. The average Bonchev–Trinajstić information content (AvgIpc) is 2.61. The summed E-state index contributed by atoms with van der Waals surface area (Å²) in [6, 6.07) is 0. The van der Waals surface area contributed by atoms with Crippen LogP contribution in [-0.4, -0.2) is 60.2 Å². The van der Waals surface area contributed by atoms with Crippen LogP contribution in [0.15, 0.2) is 11.4 Å². The SMILES string of the molecule is FC=C(Cl)C(F)C(F)(F)C(F)C(F)(F)C(F)(C(F)F)C(F)(F)C(F)(C(F)(F)F)C(F)(F)F. The first-order valence-electron chi connectivity index (χ1n) is 6.91. The average molecular weight is 545 g/mol. The summed E-state index contributed by atoms with van der Waals surface area (Å²) in [6.45, 7) is 0. The Bertz CT molecular complexity index is 675. The molecule has 0 fully saturated rings. The van der Waals surface area contributed by atoms with Gasteiger partial charge in [0.05, 0.1) is 5.03 Å². The van der Waals surface area contributed by atoms with Crippen molar-refractivity contribution in [3.63, 3.8) is 0 Å². The Balaban J connectivity index is 7.20. The van der Waals surface area contributed by atoms with Crippen LogP contribution in [0.5, 0.6) is 0 Å². The van der Waals surface area contributed by atoms with Gasteiger partial charge >= 0.3 is 41.5 Å². The maximum atomic E-state index is 14.0. The number of rotatable bonds is 8. The molecule has 0 nitrogen and oxygen atoms in total. The predicted octanol–water partition coefficient (Wildman–Crippen LogP) is 7.42. The van der Waals surface area contributed by atoms with Gasteiger partial charge in [0.25, 0.3) is 6.43 Å². The third-order valence-corrected chi connectivity index (χ3v) is 4.07. The second kappa shape index (κ2) is 8.48. The van der Waals surface area contributed by atoms with E-state index in [1.807, 2.05) is 0 Å². The minimum Gasteiger partial charge on any atom is -0.234 e. The first-order valence-corrected chi connectivity index (χ1v) is 7.29. The first kappa shape index (κ1) is 30.7. The molecular weight excluding hydrogens is 541 g/mol. The number of alkyl halides is 18. The monoisotopic (exact) mass is 544 g/mol. The minimum absolute atomic E-state index is 1.44. The molecule has 192 valence electrons. The first-order chi connectivity index (χ1) is 13.7. The minimum atomic E-state index is -8.79. The molecule has 0 spiro atoms. The molecule has 0 aromatic rings. The van der Waals surface area contributed by atoms with Gasteiger partial charge < -0.3 is 0 Å². The molecule has 20 heteroatoms. The van der Waals surface area contributed by atoms with Crippen LogP contribution >= 0.6 is 11.6 Å². The summed E-state index contributed by atoms with van der Waals surface area (Å²) >= 11 is 4.33. The number of hydrogen-bond donors (Lipinski definition) is 0. The zero-order chi connectivity index (χ0) is 26.5. The van der Waals surface area contributed by atoms with E-state index in [1.54, 1.807) is 0 Å². The van der Waals surface area contributed by atoms with Crippen molar-refractivity contribution in [2.45, 2.75) is 60.2 Å². The lowest BCUT2D eigenvalue weighted by molar-refractivity contribution is -0.441. The topological polar surface area (TPSA) is 0 Å². The Kier molecular flexibility index (Phi) is 8.14. The lowest BCUT2D eigenvalue weighted by atomic mass is 9.77. The Labute approximate surface area is 168 Å². The smallest absolute Gasteiger partial charge is 0.234 e. The molecule has 0 N–H and O–H groups in total. The fourth-order valence-corrected chi connectivity index (χ4v) is 2.20. The van der Waals surface area contributed by atoms with Crippen LogP contribution in [0.3, 0.4) is 0 Å². The molecule has 0 bridgehead atoms. The van der Waals surface area contributed by atoms with Crippen molar-refractivity contribution in [2.24, 2.45) is 0 Å². The molecule has 0 radical (unpaired) electrons. The molecule has 0 saturated heterocycles. The van der Waals surface area contributed by atoms with E-state index in [1.165, 1.54) is 0 Å². The normalized spacial score (nSPS) is 19.7. The van der Waals surface area contributed by atoms with Crippen molar-refractivity contribution in [2.75, 3.05) is 0 Å². The second-order valence-electron chi connectivity index (χ2n) is 5.76. The van der Waals surface area contributed by atoms with Crippen LogP contribution in [0, 0.1) is 0 Å². The van der Waals surface area contributed by atoms with Crippen molar-refractivity contribution in [1.82, 2.24) is 0 Å². The summed E-state index contributed by atoms with van der Waals surface area (Å²) in [5.41, 5.74) is -17.0. The molecule has 0 aromatic carbocycles. The standard InChI is InChI=1S/C12H4ClF19/c13-2(1-14)3(15)6(19,20)4(16)8(22,23)7(21,5(17)18)10(25,26)9(24,11(27,28)29)12(30,31)32/h1,3-5H. The fourth-order valence-electron chi connectivity index (χ4n) is 2.05. The Morgan fingerprint density at radius 2 is 1.00 bits per heavy atom. The number of hydrogen-bond acceptors (Lipinski definition) is 0. The van der Waals surface area contributed by atoms with Crippen molar-refractivity contribution in [3.05, 3.63) is 11.4 Å². The Hall–Kier alpha value is -1.30. The quantitative estimate of drug-likeness (QED) is 0.279. The third kappa shape index (κ3) is 4.05. The zero-order valence-corrected chi connectivity index (χ0v) is 14.6. The van der Waals surface area contributed by atoms with Crippen molar-refractivity contribution in [1.29, 1.82) is 0 Å². The van der Waals surface area contributed by atoms with E-state index in [0.717, 1.165) is 0 Å². The van der Waals surface area contributed by atoms with Gasteiger partial charge in [0.15, 0.2) is 0 Å². The highest BCUT2D eigenvalue weighted by Gasteiger charge is 2.95. The van der Waals surface area contributed by atoms with Gasteiger partial charge in [0.1, 0.15) is 6.33 Å². The van der Waals surface area contributed by atoms with Crippen LogP contribution in [0.4, 0.5) is 83.4 Å². The van der Waals surface area contributed by atoms with Crippen LogP contribution in [0.25, 0.3) is 0 Å². The van der Waals surface area contributed by atoms with Gasteiger partial charge in [-0.05, 0) is 0 Å². The summed E-state index contributed by atoms with van der Waals surface area (Å²) in [7, 11) is 0. The Morgan fingerprint density at radius 1 is 0.656 bits per heavy atom. The number of halogens is 20. The van der Waals surface area contributed by atoms with Gasteiger partial charge in [-0.1, -0.05) is 11.6 Å². The van der Waals surface area contributed by atoms with Crippen LogP contribution in [0.2, 0.25) is 0 Å². The third-order valence-electron chi connectivity index (χ3n) is 3.80. The molecule has 0 aliphatic carbocycles. The maximum absolute atomic E-state index is 14.0. The summed E-state index contributed by atoms with van der Waals surface area (Å²) in [5.74, 6) is -23.7. The summed E-state index contributed by atoms with van der Waals surface area (Å²) in [6.07, 6.45) is -36.0. The lowest BCUT2D eigenvalue weighted by Crippen LogP contribution is -2.78. The lowest BCUT2D eigenvalue weighted by Gasteiger charge is -2.46. The molecule has 0 rings (SSSR count). The summed E-state index contributed by atoms with van der Waals surface area (Å²) < 4.78 is 247. The largest absolute Gasteiger partial charge is 0.437 e. The molecule has 3 atom stereocenters. The van der Waals surface area contributed by atoms with E-state index in [9.17, 15) is 83.4 Å². The fraction of sp³-hybridized carbons (Fsp3) is 0.833. The van der Waals surface area contributed by atoms with Gasteiger partial charge in [0.2, 0.25) is 12.3 Å². The van der Waals surface area contributed by atoms with E-state index in [-0.39, 0.29) is 0 Å². The van der Waals surface area contributed by atoms with Crippen molar-refractivity contribution < 1.29 is 83.4 Å². The number of allylic oxidation sites excluding steroid dienone is 1. The van der Waals surface area contributed by atoms with Crippen LogP contribution in [0.1, 0.15) is 0 Å². The second-order valence-corrected chi connectivity index (χ2v) is 6.19. The maximum Gasteiger partial charge on any atom is 0.437 e. The van der Waals surface area contributed by atoms with Gasteiger partial charge in [-0.3, -0.25) is 0 Å². The summed E-state index contributed by atoms with van der Waals surface area (Å²) in [5, 5.41) is -2.60. The van der Waals surface area contributed by atoms with Gasteiger partial charge in [0, 0.05) is 0 Å². The van der Waals surface area contributed by atoms with Crippen molar-refractivity contribution in [3.8, 4) is 0 Å². The molecule has 0 saturated carbocycles. The highest BCUT2D eigenvalue weighted by molar-refractivity contribution is 6.30. The predicted molar refractivity (Wildman–Crippen MR) is 65.5 cm³/mol. The molecular formula is C12H4ClF19. The van der Waals surface area contributed by atoms with Crippen molar-refractivity contribution >= 4 is 11.6 Å². The van der Waals surface area contributed by atoms with E-state index in [0.29, 0.717) is 0 Å². The van der Waals surface area contributed by atoms with Gasteiger partial charge in [-0.15, -0.1) is 0 Å². The summed E-state index contributed by atoms with van der Waals surface area (Å²) in [4.78, 5) is 0. The molecule has 0 aliphatic heterocycles. The van der Waals surface area contributed by atoms with E-state index >= 15 is 0 Å². The highest BCUT2D eigenvalue weighted by Crippen LogP contribution is 2.64. The zero-order valence-electron chi connectivity index (χ0n) is 13.9. The Morgan fingerprint density at radius 3 is 1.25 bits per heavy atom. The van der Waals surface area contributed by atoms with Crippen LogP contribution in [-0.2, 0) is 0 Å². The molecule has 32 heavy (non-hydrogen) atoms.